The standard InChI is InChI=1S/C16H23NO10/c1-7(18)17-16-15(26-11(5)22)14(25-10(4)21)13(24-9(3)20)12(27-16)6-23-8(2)19/h12-16H,6H2,1-5H3,(H,17,18)/t12-,13+,14+,15-,16+/m1/s1. The van der Waals surface area contributed by atoms with Crippen molar-refractivity contribution in [2.75, 3.05) is 6.61 Å². The summed E-state index contributed by atoms with van der Waals surface area (Å²) in [4.78, 5) is 57.2. The average molecular weight is 389 g/mol. The van der Waals surface area contributed by atoms with E-state index in [1.807, 2.05) is 0 Å². The molecule has 1 saturated heterocycles. The summed E-state index contributed by atoms with van der Waals surface area (Å²) in [6.45, 7) is 5.36. The molecule has 27 heavy (non-hydrogen) atoms. The number of carbonyl (C=O) groups excluding carboxylic acids is 5. The van der Waals surface area contributed by atoms with Gasteiger partial charge in [-0.3, -0.25) is 24.0 Å². The average Bonchev–Trinajstić information content (AvgIpc) is 2.49. The zero-order valence-electron chi connectivity index (χ0n) is 15.7. The highest BCUT2D eigenvalue weighted by atomic mass is 16.7. The minimum Gasteiger partial charge on any atom is -0.463 e. The minimum atomic E-state index is -1.30. The van der Waals surface area contributed by atoms with Crippen LogP contribution in [0.5, 0.6) is 0 Å². The molecule has 11 nitrogen and oxygen atoms in total. The number of ether oxygens (including phenoxy) is 5. The lowest BCUT2D eigenvalue weighted by atomic mass is 9.97. The predicted octanol–water partition coefficient (Wildman–Crippen LogP) is -0.794. The van der Waals surface area contributed by atoms with Crippen LogP contribution in [-0.4, -0.2) is 67.0 Å². The van der Waals surface area contributed by atoms with E-state index in [-0.39, 0.29) is 6.61 Å². The first kappa shape index (κ1) is 22.4. The van der Waals surface area contributed by atoms with Crippen LogP contribution in [0.3, 0.4) is 0 Å². The molecule has 1 rings (SSSR count). The summed E-state index contributed by atoms with van der Waals surface area (Å²) in [6.07, 6.45) is -6.18. The van der Waals surface area contributed by atoms with Crippen LogP contribution in [0.1, 0.15) is 34.6 Å². The molecule has 11 heteroatoms. The summed E-state index contributed by atoms with van der Waals surface area (Å²) >= 11 is 0. The molecule has 0 aromatic heterocycles. The number of rotatable bonds is 6. The molecule has 0 aromatic rings. The number of nitrogens with one attached hydrogen (secondary N) is 1. The normalized spacial score (nSPS) is 27.1. The zero-order valence-corrected chi connectivity index (χ0v) is 15.7. The van der Waals surface area contributed by atoms with E-state index < -0.39 is 60.4 Å². The van der Waals surface area contributed by atoms with Crippen LogP contribution in [-0.2, 0) is 47.7 Å². The van der Waals surface area contributed by atoms with Gasteiger partial charge in [-0.1, -0.05) is 0 Å². The maximum atomic E-state index is 11.6. The van der Waals surface area contributed by atoms with Gasteiger partial charge in [0.2, 0.25) is 5.91 Å². The van der Waals surface area contributed by atoms with Crippen molar-refractivity contribution < 1.29 is 47.7 Å². The molecular formula is C16H23NO10. The molecule has 0 unspecified atom stereocenters. The molecule has 0 saturated carbocycles. The highest BCUT2D eigenvalue weighted by molar-refractivity contribution is 5.73. The maximum Gasteiger partial charge on any atom is 0.303 e. The van der Waals surface area contributed by atoms with E-state index >= 15 is 0 Å². The molecule has 0 spiro atoms. The van der Waals surface area contributed by atoms with Crippen molar-refractivity contribution in [3.05, 3.63) is 0 Å². The molecule has 1 heterocycles. The molecule has 5 atom stereocenters. The Morgan fingerprint density at radius 2 is 1.22 bits per heavy atom. The first-order valence-corrected chi connectivity index (χ1v) is 8.08. The molecule has 1 N–H and O–H groups in total. The Kier molecular flexibility index (Phi) is 8.16. The van der Waals surface area contributed by atoms with Gasteiger partial charge in [0, 0.05) is 34.6 Å². The highest BCUT2D eigenvalue weighted by Crippen LogP contribution is 2.28. The fraction of sp³-hybridized carbons (Fsp3) is 0.688. The van der Waals surface area contributed by atoms with E-state index in [9.17, 15) is 24.0 Å². The van der Waals surface area contributed by atoms with Crippen LogP contribution in [0, 0.1) is 0 Å². The van der Waals surface area contributed by atoms with Crippen LogP contribution < -0.4 is 5.32 Å². The Hall–Kier alpha value is -2.69. The van der Waals surface area contributed by atoms with Gasteiger partial charge in [-0.15, -0.1) is 0 Å². The van der Waals surface area contributed by atoms with E-state index in [4.69, 9.17) is 23.7 Å². The van der Waals surface area contributed by atoms with E-state index in [0.717, 1.165) is 20.8 Å². The fourth-order valence-corrected chi connectivity index (χ4v) is 2.54. The fourth-order valence-electron chi connectivity index (χ4n) is 2.54. The first-order chi connectivity index (χ1) is 12.5. The number of carbonyl (C=O) groups is 5. The van der Waals surface area contributed by atoms with Gasteiger partial charge in [-0.25, -0.2) is 0 Å². The second-order valence-electron chi connectivity index (χ2n) is 5.82. The van der Waals surface area contributed by atoms with E-state index in [0.29, 0.717) is 0 Å². The molecule has 1 aliphatic heterocycles. The topological polar surface area (TPSA) is 144 Å². The van der Waals surface area contributed by atoms with Crippen LogP contribution in [0.25, 0.3) is 0 Å². The van der Waals surface area contributed by atoms with Gasteiger partial charge in [0.25, 0.3) is 0 Å². The van der Waals surface area contributed by atoms with Crippen molar-refractivity contribution in [1.82, 2.24) is 5.32 Å². The van der Waals surface area contributed by atoms with Gasteiger partial charge in [0.15, 0.2) is 24.5 Å². The third-order valence-electron chi connectivity index (χ3n) is 3.34. The third kappa shape index (κ3) is 7.21. The van der Waals surface area contributed by atoms with Crippen LogP contribution in [0.2, 0.25) is 0 Å². The van der Waals surface area contributed by atoms with Gasteiger partial charge < -0.3 is 29.0 Å². The summed E-state index contributed by atoms with van der Waals surface area (Å²) < 4.78 is 26.1. The number of hydrogen-bond acceptors (Lipinski definition) is 10. The molecule has 1 fully saturated rings. The second-order valence-corrected chi connectivity index (χ2v) is 5.82. The number of amides is 1. The largest absolute Gasteiger partial charge is 0.463 e. The lowest BCUT2D eigenvalue weighted by molar-refractivity contribution is -0.256. The van der Waals surface area contributed by atoms with Crippen molar-refractivity contribution in [1.29, 1.82) is 0 Å². The van der Waals surface area contributed by atoms with Crippen molar-refractivity contribution in [3.8, 4) is 0 Å². The lowest BCUT2D eigenvalue weighted by Gasteiger charge is -2.44. The number of esters is 4. The summed E-state index contributed by atoms with van der Waals surface area (Å²) in [5.74, 6) is -3.36. The van der Waals surface area contributed by atoms with Gasteiger partial charge in [0.1, 0.15) is 12.7 Å². The summed E-state index contributed by atoms with van der Waals surface area (Å²) in [5.41, 5.74) is 0. The summed E-state index contributed by atoms with van der Waals surface area (Å²) in [7, 11) is 0. The lowest BCUT2D eigenvalue weighted by Crippen LogP contribution is -2.66. The SMILES string of the molecule is CC(=O)N[C@H]1O[C@H](COC(C)=O)[C@H](OC(C)=O)[C@H](OC(C)=O)[C@H]1OC(C)=O. The minimum absolute atomic E-state index is 0.353. The molecule has 1 aliphatic rings. The van der Waals surface area contributed by atoms with Crippen LogP contribution in [0.4, 0.5) is 0 Å². The van der Waals surface area contributed by atoms with Crippen molar-refractivity contribution >= 4 is 29.8 Å². The highest BCUT2D eigenvalue weighted by Gasteiger charge is 2.52. The van der Waals surface area contributed by atoms with E-state index in [1.54, 1.807) is 0 Å². The molecule has 0 radical (unpaired) electrons. The Morgan fingerprint density at radius 1 is 0.741 bits per heavy atom. The van der Waals surface area contributed by atoms with Gasteiger partial charge >= 0.3 is 23.9 Å². The predicted molar refractivity (Wildman–Crippen MR) is 85.8 cm³/mol. The molecule has 0 aliphatic carbocycles. The molecule has 0 aromatic carbocycles. The zero-order chi connectivity index (χ0) is 20.7. The van der Waals surface area contributed by atoms with Crippen molar-refractivity contribution in [3.63, 3.8) is 0 Å². The Morgan fingerprint density at radius 3 is 1.67 bits per heavy atom. The molecule has 152 valence electrons. The van der Waals surface area contributed by atoms with Crippen LogP contribution >= 0.6 is 0 Å². The van der Waals surface area contributed by atoms with Gasteiger partial charge in [-0.2, -0.15) is 0 Å². The van der Waals surface area contributed by atoms with E-state index in [2.05, 4.69) is 5.32 Å². The second kappa shape index (κ2) is 9.86. The smallest absolute Gasteiger partial charge is 0.303 e. The Bertz CT molecular complexity index is 604. The van der Waals surface area contributed by atoms with Gasteiger partial charge in [-0.05, 0) is 0 Å². The number of hydrogen-bond donors (Lipinski definition) is 1. The van der Waals surface area contributed by atoms with Gasteiger partial charge in [0.05, 0.1) is 0 Å². The first-order valence-electron chi connectivity index (χ1n) is 8.08. The van der Waals surface area contributed by atoms with Crippen molar-refractivity contribution in [2.24, 2.45) is 0 Å². The third-order valence-corrected chi connectivity index (χ3v) is 3.34. The quantitative estimate of drug-likeness (QED) is 0.453. The summed E-state index contributed by atoms with van der Waals surface area (Å²) in [5, 5.41) is 2.42. The van der Waals surface area contributed by atoms with Crippen molar-refractivity contribution in [2.45, 2.75) is 65.3 Å². The maximum absolute atomic E-state index is 11.6. The molecular weight excluding hydrogens is 366 g/mol. The Balaban J connectivity index is 3.29. The van der Waals surface area contributed by atoms with Crippen LogP contribution in [0.15, 0.2) is 0 Å². The summed E-state index contributed by atoms with van der Waals surface area (Å²) in [6, 6.07) is 0. The van der Waals surface area contributed by atoms with E-state index in [1.165, 1.54) is 13.8 Å². The molecule has 0 bridgehead atoms. The Labute approximate surface area is 155 Å². The molecule has 1 amide bonds. The monoisotopic (exact) mass is 389 g/mol.